The summed E-state index contributed by atoms with van der Waals surface area (Å²) < 4.78 is 6.14. The molecule has 0 radical (unpaired) electrons. The van der Waals surface area contributed by atoms with Crippen molar-refractivity contribution < 1.29 is 4.52 Å². The van der Waals surface area contributed by atoms with E-state index in [0.717, 1.165) is 15.6 Å². The van der Waals surface area contributed by atoms with Gasteiger partial charge in [0.05, 0.1) is 5.38 Å². The summed E-state index contributed by atoms with van der Waals surface area (Å²) in [5, 5.41) is 3.57. The first kappa shape index (κ1) is 11.6. The Morgan fingerprint density at radius 2 is 2.12 bits per heavy atom. The number of aryl methyl sites for hydroxylation is 1. The van der Waals surface area contributed by atoms with Crippen molar-refractivity contribution in [3.8, 4) is 11.5 Å². The minimum atomic E-state index is -0.245. The molecule has 1 aromatic carbocycles. The molecule has 0 N–H and O–H groups in total. The molecule has 5 heteroatoms. The zero-order valence-electron chi connectivity index (χ0n) is 8.87. The van der Waals surface area contributed by atoms with Gasteiger partial charge in [0.15, 0.2) is 5.82 Å². The highest BCUT2D eigenvalue weighted by atomic mass is 79.9. The maximum Gasteiger partial charge on any atom is 0.258 e. The van der Waals surface area contributed by atoms with Crippen LogP contribution >= 0.6 is 27.5 Å². The molecule has 0 saturated heterocycles. The normalized spacial score (nSPS) is 12.8. The standard InChI is InChI=1S/C11H10BrClN2O/c1-6-3-8(5-9(12)4-6)11-14-10(7(2)13)15-16-11/h3-5,7H,1-2H3. The minimum absolute atomic E-state index is 0.245. The summed E-state index contributed by atoms with van der Waals surface area (Å²) in [5.41, 5.74) is 2.02. The zero-order chi connectivity index (χ0) is 11.7. The molecule has 0 aliphatic heterocycles. The summed E-state index contributed by atoms with van der Waals surface area (Å²) in [6, 6.07) is 5.94. The summed E-state index contributed by atoms with van der Waals surface area (Å²) in [5.74, 6) is 1.00. The van der Waals surface area contributed by atoms with Crippen LogP contribution in [0.3, 0.4) is 0 Å². The first-order chi connectivity index (χ1) is 7.56. The van der Waals surface area contributed by atoms with Crippen LogP contribution in [0.4, 0.5) is 0 Å². The molecular formula is C11H10BrClN2O. The molecular weight excluding hydrogens is 291 g/mol. The van der Waals surface area contributed by atoms with Gasteiger partial charge in [-0.05, 0) is 37.6 Å². The fourth-order valence-corrected chi connectivity index (χ4v) is 2.07. The Balaban J connectivity index is 2.42. The van der Waals surface area contributed by atoms with E-state index >= 15 is 0 Å². The van der Waals surface area contributed by atoms with E-state index in [1.54, 1.807) is 0 Å². The van der Waals surface area contributed by atoms with Crippen LogP contribution in [-0.4, -0.2) is 10.1 Å². The summed E-state index contributed by atoms with van der Waals surface area (Å²) in [4.78, 5) is 4.23. The van der Waals surface area contributed by atoms with Crippen molar-refractivity contribution in [3.63, 3.8) is 0 Å². The largest absolute Gasteiger partial charge is 0.334 e. The van der Waals surface area contributed by atoms with Crippen molar-refractivity contribution in [2.24, 2.45) is 0 Å². The van der Waals surface area contributed by atoms with E-state index in [-0.39, 0.29) is 5.38 Å². The van der Waals surface area contributed by atoms with Gasteiger partial charge < -0.3 is 4.52 Å². The number of nitrogens with zero attached hydrogens (tertiary/aromatic N) is 2. The van der Waals surface area contributed by atoms with Crippen LogP contribution in [0.25, 0.3) is 11.5 Å². The molecule has 0 bridgehead atoms. The van der Waals surface area contributed by atoms with Crippen molar-refractivity contribution in [3.05, 3.63) is 34.1 Å². The van der Waals surface area contributed by atoms with Crippen LogP contribution in [0.1, 0.15) is 23.7 Å². The molecule has 16 heavy (non-hydrogen) atoms. The van der Waals surface area contributed by atoms with Gasteiger partial charge in [-0.25, -0.2) is 0 Å². The molecule has 2 aromatic rings. The van der Waals surface area contributed by atoms with Crippen LogP contribution in [0, 0.1) is 6.92 Å². The highest BCUT2D eigenvalue weighted by Gasteiger charge is 2.13. The molecule has 1 atom stereocenters. The maximum atomic E-state index is 5.87. The Morgan fingerprint density at radius 3 is 2.69 bits per heavy atom. The lowest BCUT2D eigenvalue weighted by atomic mass is 10.1. The van der Waals surface area contributed by atoms with Crippen LogP contribution in [0.2, 0.25) is 0 Å². The smallest absolute Gasteiger partial charge is 0.258 e. The fourth-order valence-electron chi connectivity index (χ4n) is 1.37. The Hall–Kier alpha value is -0.870. The van der Waals surface area contributed by atoms with Gasteiger partial charge in [0, 0.05) is 10.0 Å². The molecule has 84 valence electrons. The maximum absolute atomic E-state index is 5.87. The van der Waals surface area contributed by atoms with E-state index in [0.29, 0.717) is 11.7 Å². The monoisotopic (exact) mass is 300 g/mol. The summed E-state index contributed by atoms with van der Waals surface area (Å²) in [6.45, 7) is 3.82. The molecule has 3 nitrogen and oxygen atoms in total. The van der Waals surface area contributed by atoms with E-state index in [2.05, 4.69) is 26.1 Å². The third-order valence-electron chi connectivity index (χ3n) is 2.09. The second-order valence-electron chi connectivity index (χ2n) is 3.59. The van der Waals surface area contributed by atoms with Crippen molar-refractivity contribution in [1.82, 2.24) is 10.1 Å². The van der Waals surface area contributed by atoms with Gasteiger partial charge in [-0.15, -0.1) is 11.6 Å². The molecule has 2 rings (SSSR count). The molecule has 1 unspecified atom stereocenters. The lowest BCUT2D eigenvalue weighted by molar-refractivity contribution is 0.422. The van der Waals surface area contributed by atoms with Crippen LogP contribution in [-0.2, 0) is 0 Å². The zero-order valence-corrected chi connectivity index (χ0v) is 11.2. The highest BCUT2D eigenvalue weighted by molar-refractivity contribution is 9.10. The lowest BCUT2D eigenvalue weighted by Gasteiger charge is -1.98. The van der Waals surface area contributed by atoms with Gasteiger partial charge in [0.2, 0.25) is 0 Å². The third kappa shape index (κ3) is 2.44. The number of hydrogen-bond acceptors (Lipinski definition) is 3. The Morgan fingerprint density at radius 1 is 1.38 bits per heavy atom. The van der Waals surface area contributed by atoms with Crippen molar-refractivity contribution in [2.75, 3.05) is 0 Å². The number of aromatic nitrogens is 2. The van der Waals surface area contributed by atoms with E-state index in [9.17, 15) is 0 Å². The number of benzene rings is 1. The summed E-state index contributed by atoms with van der Waals surface area (Å²) >= 11 is 9.30. The van der Waals surface area contributed by atoms with E-state index in [4.69, 9.17) is 16.1 Å². The van der Waals surface area contributed by atoms with Crippen LogP contribution < -0.4 is 0 Å². The van der Waals surface area contributed by atoms with Gasteiger partial charge in [-0.3, -0.25) is 0 Å². The highest BCUT2D eigenvalue weighted by Crippen LogP contribution is 2.25. The Labute approximate surface area is 107 Å². The molecule has 0 spiro atoms. The number of halogens is 2. The Kier molecular flexibility index (Phi) is 3.30. The van der Waals surface area contributed by atoms with Gasteiger partial charge >= 0.3 is 0 Å². The predicted octanol–water partition coefficient (Wildman–Crippen LogP) is 4.11. The average Bonchev–Trinajstić information content (AvgIpc) is 2.64. The first-order valence-electron chi connectivity index (χ1n) is 4.81. The fraction of sp³-hybridized carbons (Fsp3) is 0.273. The number of alkyl halides is 1. The topological polar surface area (TPSA) is 38.9 Å². The molecule has 1 aromatic heterocycles. The quantitative estimate of drug-likeness (QED) is 0.784. The van der Waals surface area contributed by atoms with Gasteiger partial charge in [0.1, 0.15) is 0 Å². The molecule has 0 amide bonds. The molecule has 0 aliphatic carbocycles. The van der Waals surface area contributed by atoms with Crippen molar-refractivity contribution >= 4 is 27.5 Å². The van der Waals surface area contributed by atoms with Gasteiger partial charge in [-0.1, -0.05) is 21.1 Å². The average molecular weight is 302 g/mol. The van der Waals surface area contributed by atoms with E-state index < -0.39 is 0 Å². The predicted molar refractivity (Wildman–Crippen MR) is 66.4 cm³/mol. The summed E-state index contributed by atoms with van der Waals surface area (Å²) in [7, 11) is 0. The molecule has 0 aliphatic rings. The third-order valence-corrected chi connectivity index (χ3v) is 2.74. The summed E-state index contributed by atoms with van der Waals surface area (Å²) in [6.07, 6.45) is 0. The second kappa shape index (κ2) is 4.55. The van der Waals surface area contributed by atoms with Crippen LogP contribution in [0.15, 0.2) is 27.2 Å². The lowest BCUT2D eigenvalue weighted by Crippen LogP contribution is -1.87. The first-order valence-corrected chi connectivity index (χ1v) is 6.04. The number of rotatable bonds is 2. The van der Waals surface area contributed by atoms with Gasteiger partial charge in [-0.2, -0.15) is 4.98 Å². The minimum Gasteiger partial charge on any atom is -0.334 e. The SMILES string of the molecule is Cc1cc(Br)cc(-c2nc(C(C)Cl)no2)c1. The molecule has 0 fully saturated rings. The van der Waals surface area contributed by atoms with Crippen LogP contribution in [0.5, 0.6) is 0 Å². The molecule has 1 heterocycles. The van der Waals surface area contributed by atoms with Crippen molar-refractivity contribution in [2.45, 2.75) is 19.2 Å². The number of hydrogen-bond donors (Lipinski definition) is 0. The van der Waals surface area contributed by atoms with Gasteiger partial charge in [0.25, 0.3) is 5.89 Å². The molecule has 0 saturated carbocycles. The Bertz CT molecular complexity index is 490. The van der Waals surface area contributed by atoms with E-state index in [1.165, 1.54) is 0 Å². The van der Waals surface area contributed by atoms with E-state index in [1.807, 2.05) is 32.0 Å². The van der Waals surface area contributed by atoms with Crippen molar-refractivity contribution in [1.29, 1.82) is 0 Å². The second-order valence-corrected chi connectivity index (χ2v) is 5.16.